The van der Waals surface area contributed by atoms with Crippen molar-refractivity contribution in [1.82, 2.24) is 9.88 Å². The molecule has 1 fully saturated rings. The van der Waals surface area contributed by atoms with Gasteiger partial charge < -0.3 is 20.5 Å². The largest absolute Gasteiger partial charge is 0.480 e. The molecule has 0 saturated carbocycles. The number of carbonyl (C=O) groups is 2. The second-order valence-corrected chi connectivity index (χ2v) is 5.90. The van der Waals surface area contributed by atoms with Gasteiger partial charge in [0, 0.05) is 11.8 Å². The van der Waals surface area contributed by atoms with E-state index < -0.39 is 11.6 Å². The molecule has 1 aromatic rings. The van der Waals surface area contributed by atoms with Crippen molar-refractivity contribution in [3.05, 3.63) is 16.1 Å². The second kappa shape index (κ2) is 5.86. The molecule has 7 nitrogen and oxygen atoms in total. The van der Waals surface area contributed by atoms with Gasteiger partial charge in [-0.05, 0) is 13.5 Å². The van der Waals surface area contributed by atoms with Gasteiger partial charge in [0.25, 0.3) is 5.91 Å². The van der Waals surface area contributed by atoms with Gasteiger partial charge in [0.2, 0.25) is 0 Å². The van der Waals surface area contributed by atoms with Crippen molar-refractivity contribution >= 4 is 23.2 Å². The van der Waals surface area contributed by atoms with Crippen LogP contribution in [0.15, 0.2) is 5.38 Å². The Morgan fingerprint density at radius 3 is 2.90 bits per heavy atom. The molecule has 1 aliphatic heterocycles. The number of carboxylic acid groups (broad SMARTS) is 1. The van der Waals surface area contributed by atoms with Crippen LogP contribution in [0.2, 0.25) is 0 Å². The fourth-order valence-corrected chi connectivity index (χ4v) is 2.83. The van der Waals surface area contributed by atoms with Gasteiger partial charge in [-0.2, -0.15) is 0 Å². The molecule has 110 valence electrons. The summed E-state index contributed by atoms with van der Waals surface area (Å²) in [5.41, 5.74) is 5.28. The Morgan fingerprint density at radius 1 is 1.60 bits per heavy atom. The third-order valence-electron chi connectivity index (χ3n) is 3.01. The first kappa shape index (κ1) is 14.9. The lowest BCUT2D eigenvalue weighted by atomic mass is 9.96. The summed E-state index contributed by atoms with van der Waals surface area (Å²) < 4.78 is 5.26. The quantitative estimate of drug-likeness (QED) is 0.763. The van der Waals surface area contributed by atoms with Crippen LogP contribution in [0.4, 0.5) is 0 Å². The average Bonchev–Trinajstić information content (AvgIpc) is 2.81. The van der Waals surface area contributed by atoms with E-state index in [0.717, 1.165) is 5.01 Å². The Bertz CT molecular complexity index is 511. The van der Waals surface area contributed by atoms with Crippen molar-refractivity contribution in [3.8, 4) is 0 Å². The van der Waals surface area contributed by atoms with Crippen LogP contribution >= 0.6 is 11.3 Å². The van der Waals surface area contributed by atoms with Crippen molar-refractivity contribution < 1.29 is 19.4 Å². The highest BCUT2D eigenvalue weighted by Gasteiger charge is 2.43. The van der Waals surface area contributed by atoms with Crippen molar-refractivity contribution in [1.29, 1.82) is 0 Å². The van der Waals surface area contributed by atoms with Crippen molar-refractivity contribution in [2.45, 2.75) is 18.9 Å². The van der Waals surface area contributed by atoms with Crippen LogP contribution in [0.5, 0.6) is 0 Å². The van der Waals surface area contributed by atoms with E-state index >= 15 is 0 Å². The Hall–Kier alpha value is -1.51. The Kier molecular flexibility index (Phi) is 4.36. The first-order valence-electron chi connectivity index (χ1n) is 6.23. The third-order valence-corrected chi connectivity index (χ3v) is 3.92. The van der Waals surface area contributed by atoms with Crippen LogP contribution in [-0.2, 0) is 16.0 Å². The van der Waals surface area contributed by atoms with Crippen molar-refractivity contribution in [2.75, 3.05) is 26.2 Å². The maximum atomic E-state index is 12.1. The fraction of sp³-hybridized carbons (Fsp3) is 0.583. The van der Waals surface area contributed by atoms with Crippen molar-refractivity contribution in [3.63, 3.8) is 0 Å². The van der Waals surface area contributed by atoms with E-state index in [1.165, 1.54) is 11.3 Å². The molecule has 0 unspecified atom stereocenters. The van der Waals surface area contributed by atoms with Crippen LogP contribution in [0.3, 0.4) is 0 Å². The molecule has 0 aliphatic carbocycles. The van der Waals surface area contributed by atoms with E-state index in [0.29, 0.717) is 31.7 Å². The third kappa shape index (κ3) is 3.33. The van der Waals surface area contributed by atoms with Gasteiger partial charge in [0.15, 0.2) is 0 Å². The normalized spacial score (nSPS) is 16.8. The number of ether oxygens (including phenoxy) is 1. The molecule has 1 amide bonds. The highest BCUT2D eigenvalue weighted by Crippen LogP contribution is 2.26. The van der Waals surface area contributed by atoms with Gasteiger partial charge in [0.1, 0.15) is 17.9 Å². The minimum absolute atomic E-state index is 0.152. The van der Waals surface area contributed by atoms with Gasteiger partial charge >= 0.3 is 5.97 Å². The lowest BCUT2D eigenvalue weighted by molar-refractivity contribution is -0.159. The van der Waals surface area contributed by atoms with Crippen LogP contribution in [0.25, 0.3) is 0 Å². The first-order chi connectivity index (χ1) is 9.43. The van der Waals surface area contributed by atoms with E-state index in [1.54, 1.807) is 17.2 Å². The number of carbonyl (C=O) groups excluding carboxylic acids is 1. The number of amides is 1. The zero-order valence-electron chi connectivity index (χ0n) is 11.2. The molecule has 0 atom stereocenters. The summed E-state index contributed by atoms with van der Waals surface area (Å²) in [6.07, 6.45) is 0.664. The number of aliphatic carboxylic acids is 1. The van der Waals surface area contributed by atoms with Crippen LogP contribution in [0, 0.1) is 0 Å². The van der Waals surface area contributed by atoms with E-state index in [2.05, 4.69) is 4.98 Å². The second-order valence-electron chi connectivity index (χ2n) is 4.96. The minimum Gasteiger partial charge on any atom is -0.480 e. The topological polar surface area (TPSA) is 106 Å². The molecule has 2 heterocycles. The Morgan fingerprint density at radius 2 is 2.30 bits per heavy atom. The van der Waals surface area contributed by atoms with E-state index in [-0.39, 0.29) is 12.5 Å². The molecule has 0 radical (unpaired) electrons. The van der Waals surface area contributed by atoms with Crippen LogP contribution in [-0.4, -0.2) is 58.7 Å². The molecule has 8 heteroatoms. The molecule has 0 aromatic carbocycles. The molecular weight excluding hydrogens is 282 g/mol. The average molecular weight is 299 g/mol. The zero-order chi connectivity index (χ0) is 14.8. The molecule has 1 aromatic heterocycles. The summed E-state index contributed by atoms with van der Waals surface area (Å²) >= 11 is 1.42. The van der Waals surface area contributed by atoms with E-state index in [1.807, 2.05) is 0 Å². The number of likely N-dealkylation sites (tertiary alicyclic amines) is 1. The maximum Gasteiger partial charge on any atom is 0.329 e. The standard InChI is InChI=1S/C12H17N3O4S/c1-12(19-4-10(16)17)6-15(7-12)11(18)8-5-20-9(14-8)2-3-13/h5H,2-4,6-7,13H2,1H3,(H,16,17). The summed E-state index contributed by atoms with van der Waals surface area (Å²) in [6.45, 7) is 2.70. The molecular formula is C12H17N3O4S. The number of aromatic nitrogens is 1. The minimum atomic E-state index is -1.01. The number of rotatable bonds is 6. The molecule has 0 spiro atoms. The SMILES string of the molecule is CC1(OCC(=O)O)CN(C(=O)c2csc(CCN)n2)C1. The monoisotopic (exact) mass is 299 g/mol. The Labute approximate surface area is 120 Å². The smallest absolute Gasteiger partial charge is 0.329 e. The lowest BCUT2D eigenvalue weighted by Crippen LogP contribution is -2.63. The van der Waals surface area contributed by atoms with Gasteiger partial charge in [-0.25, -0.2) is 9.78 Å². The van der Waals surface area contributed by atoms with Crippen LogP contribution < -0.4 is 5.73 Å². The maximum absolute atomic E-state index is 12.1. The Balaban J connectivity index is 1.87. The number of thiazole rings is 1. The fourth-order valence-electron chi connectivity index (χ4n) is 2.04. The molecule has 2 rings (SSSR count). The number of nitrogens with zero attached hydrogens (tertiary/aromatic N) is 2. The summed E-state index contributed by atoms with van der Waals surface area (Å²) in [7, 11) is 0. The number of carboxylic acids is 1. The van der Waals surface area contributed by atoms with Crippen LogP contribution in [0.1, 0.15) is 22.4 Å². The predicted octanol–water partition coefficient (Wildman–Crippen LogP) is -0.0400. The number of hydrogen-bond acceptors (Lipinski definition) is 6. The highest BCUT2D eigenvalue weighted by molar-refractivity contribution is 7.09. The summed E-state index contributed by atoms with van der Waals surface area (Å²) in [6, 6.07) is 0. The highest BCUT2D eigenvalue weighted by atomic mass is 32.1. The summed E-state index contributed by atoms with van der Waals surface area (Å²) in [4.78, 5) is 28.4. The van der Waals surface area contributed by atoms with Gasteiger partial charge in [-0.3, -0.25) is 4.79 Å². The molecule has 1 saturated heterocycles. The summed E-state index contributed by atoms with van der Waals surface area (Å²) in [5.74, 6) is -1.16. The molecule has 20 heavy (non-hydrogen) atoms. The lowest BCUT2D eigenvalue weighted by Gasteiger charge is -2.46. The van der Waals surface area contributed by atoms with Gasteiger partial charge in [0.05, 0.1) is 18.1 Å². The molecule has 1 aliphatic rings. The zero-order valence-corrected chi connectivity index (χ0v) is 12.0. The molecule has 0 bridgehead atoms. The number of hydrogen-bond donors (Lipinski definition) is 2. The molecule has 3 N–H and O–H groups in total. The van der Waals surface area contributed by atoms with E-state index in [9.17, 15) is 9.59 Å². The van der Waals surface area contributed by atoms with Gasteiger partial charge in [-0.15, -0.1) is 11.3 Å². The first-order valence-corrected chi connectivity index (χ1v) is 7.11. The predicted molar refractivity (Wildman–Crippen MR) is 72.8 cm³/mol. The number of nitrogens with two attached hydrogens (primary N) is 1. The van der Waals surface area contributed by atoms with Gasteiger partial charge in [-0.1, -0.05) is 0 Å². The van der Waals surface area contributed by atoms with Crippen molar-refractivity contribution in [2.24, 2.45) is 5.73 Å². The summed E-state index contributed by atoms with van der Waals surface area (Å²) in [5, 5.41) is 11.2. The van der Waals surface area contributed by atoms with E-state index in [4.69, 9.17) is 15.6 Å².